The van der Waals surface area contributed by atoms with E-state index in [2.05, 4.69) is 4.98 Å². The fourth-order valence-corrected chi connectivity index (χ4v) is 4.61. The van der Waals surface area contributed by atoms with Crippen LogP contribution in [0, 0.1) is 5.92 Å². The summed E-state index contributed by atoms with van der Waals surface area (Å²) in [5.41, 5.74) is 0. The Morgan fingerprint density at radius 2 is 2.04 bits per heavy atom. The number of likely N-dealkylation sites (tertiary alicyclic amines) is 1. The quantitative estimate of drug-likeness (QED) is 0.802. The number of carbonyl (C=O) groups is 2. The van der Waals surface area contributed by atoms with Crippen molar-refractivity contribution >= 4 is 38.3 Å². The van der Waals surface area contributed by atoms with Gasteiger partial charge >= 0.3 is 0 Å². The van der Waals surface area contributed by atoms with Gasteiger partial charge in [-0.15, -0.1) is 11.3 Å². The highest BCUT2D eigenvalue weighted by Crippen LogP contribution is 2.28. The molecule has 0 spiro atoms. The van der Waals surface area contributed by atoms with E-state index in [1.165, 1.54) is 11.3 Å². The van der Waals surface area contributed by atoms with Gasteiger partial charge in [-0.25, -0.2) is 18.5 Å². The molecule has 3 heterocycles. The number of hydrogen-bond donors (Lipinski definition) is 1. The second-order valence-electron chi connectivity index (χ2n) is 5.83. The maximum Gasteiger partial charge on any atom is 0.229 e. The molecule has 0 aliphatic carbocycles. The van der Waals surface area contributed by atoms with Crippen LogP contribution < -0.4 is 10.0 Å². The number of amides is 2. The van der Waals surface area contributed by atoms with Crippen LogP contribution in [-0.4, -0.2) is 55.0 Å². The van der Waals surface area contributed by atoms with Gasteiger partial charge in [0.1, 0.15) is 0 Å². The first kappa shape index (κ1) is 16.3. The second kappa shape index (κ2) is 6.17. The van der Waals surface area contributed by atoms with Crippen LogP contribution in [0.5, 0.6) is 0 Å². The van der Waals surface area contributed by atoms with Crippen LogP contribution in [0.3, 0.4) is 0 Å². The predicted octanol–water partition coefficient (Wildman–Crippen LogP) is -0.224. The summed E-state index contributed by atoms with van der Waals surface area (Å²) in [5, 5.41) is 6.97. The molecule has 2 N–H and O–H groups in total. The van der Waals surface area contributed by atoms with Crippen LogP contribution in [-0.2, 0) is 19.6 Å². The molecule has 2 amide bonds. The Balaban J connectivity index is 1.61. The number of primary sulfonamides is 1. The van der Waals surface area contributed by atoms with E-state index in [0.717, 1.165) is 0 Å². The van der Waals surface area contributed by atoms with Crippen molar-refractivity contribution in [1.29, 1.82) is 0 Å². The number of thiazole rings is 1. The number of rotatable bonds is 3. The highest BCUT2D eigenvalue weighted by molar-refractivity contribution is 7.89. The Morgan fingerprint density at radius 1 is 1.35 bits per heavy atom. The molecule has 126 valence electrons. The molecule has 2 fully saturated rings. The summed E-state index contributed by atoms with van der Waals surface area (Å²) >= 11 is 1.36. The lowest BCUT2D eigenvalue weighted by Gasteiger charge is -2.32. The van der Waals surface area contributed by atoms with Crippen molar-refractivity contribution in [2.75, 3.05) is 24.5 Å². The third-order valence-corrected chi connectivity index (χ3v) is 6.54. The van der Waals surface area contributed by atoms with Gasteiger partial charge < -0.3 is 4.90 Å². The van der Waals surface area contributed by atoms with E-state index < -0.39 is 21.2 Å². The number of anilines is 1. The van der Waals surface area contributed by atoms with Gasteiger partial charge in [0.05, 0.1) is 11.2 Å². The molecule has 23 heavy (non-hydrogen) atoms. The zero-order valence-electron chi connectivity index (χ0n) is 12.4. The fraction of sp³-hybridized carbons (Fsp3) is 0.615. The maximum absolute atomic E-state index is 12.6. The number of nitrogens with two attached hydrogens (primary N) is 1. The molecule has 2 aliphatic heterocycles. The number of aromatic nitrogens is 1. The Bertz CT molecular complexity index is 696. The number of sulfonamides is 1. The molecule has 1 atom stereocenters. The number of piperidine rings is 1. The first-order valence-corrected chi connectivity index (χ1v) is 9.85. The van der Waals surface area contributed by atoms with Crippen LogP contribution in [0.2, 0.25) is 0 Å². The average molecular weight is 358 g/mol. The molecular formula is C13H18N4O4S2. The fourth-order valence-electron chi connectivity index (χ4n) is 3.07. The summed E-state index contributed by atoms with van der Waals surface area (Å²) < 4.78 is 22.7. The number of nitrogens with zero attached hydrogens (tertiary/aromatic N) is 3. The lowest BCUT2D eigenvalue weighted by Crippen LogP contribution is -2.46. The van der Waals surface area contributed by atoms with E-state index in [4.69, 9.17) is 5.14 Å². The third-order valence-electron chi connectivity index (χ3n) is 4.34. The largest absolute Gasteiger partial charge is 0.342 e. The molecule has 2 saturated heterocycles. The highest BCUT2D eigenvalue weighted by atomic mass is 32.2. The zero-order valence-corrected chi connectivity index (χ0v) is 14.1. The summed E-state index contributed by atoms with van der Waals surface area (Å²) in [5.74, 6) is -0.583. The molecule has 2 aliphatic rings. The molecule has 1 aromatic rings. The van der Waals surface area contributed by atoms with Gasteiger partial charge in [0.15, 0.2) is 5.13 Å². The van der Waals surface area contributed by atoms with Crippen molar-refractivity contribution in [3.63, 3.8) is 0 Å². The minimum atomic E-state index is -3.55. The molecule has 8 nitrogen and oxygen atoms in total. The van der Waals surface area contributed by atoms with Crippen molar-refractivity contribution in [3.8, 4) is 0 Å². The van der Waals surface area contributed by atoms with Gasteiger partial charge in [0.25, 0.3) is 0 Å². The third kappa shape index (κ3) is 3.38. The van der Waals surface area contributed by atoms with Crippen molar-refractivity contribution < 1.29 is 18.0 Å². The van der Waals surface area contributed by atoms with Gasteiger partial charge in [-0.1, -0.05) is 0 Å². The summed E-state index contributed by atoms with van der Waals surface area (Å²) in [6, 6.07) is 0. The van der Waals surface area contributed by atoms with Gasteiger partial charge in [-0.2, -0.15) is 0 Å². The lowest BCUT2D eigenvalue weighted by molar-refractivity contribution is -0.136. The summed E-state index contributed by atoms with van der Waals surface area (Å²) in [4.78, 5) is 31.9. The number of carbonyl (C=O) groups excluding carboxylic acids is 2. The van der Waals surface area contributed by atoms with Crippen LogP contribution in [0.15, 0.2) is 11.6 Å². The predicted molar refractivity (Wildman–Crippen MR) is 85.3 cm³/mol. The van der Waals surface area contributed by atoms with E-state index in [0.29, 0.717) is 37.6 Å². The minimum absolute atomic E-state index is 0.0923. The molecule has 1 aromatic heterocycles. The Kier molecular flexibility index (Phi) is 4.39. The topological polar surface area (TPSA) is 114 Å². The molecule has 1 unspecified atom stereocenters. The molecule has 0 radical (unpaired) electrons. The van der Waals surface area contributed by atoms with E-state index in [-0.39, 0.29) is 18.2 Å². The van der Waals surface area contributed by atoms with Crippen molar-refractivity contribution in [2.45, 2.75) is 24.5 Å². The maximum atomic E-state index is 12.6. The number of hydrogen-bond acceptors (Lipinski definition) is 6. The van der Waals surface area contributed by atoms with E-state index in [1.54, 1.807) is 21.4 Å². The van der Waals surface area contributed by atoms with E-state index in [1.807, 2.05) is 0 Å². The average Bonchev–Trinajstić information content (AvgIpc) is 3.15. The SMILES string of the molecule is NS(=O)(=O)C1CCN(C(=O)C2CC(=O)N(c3nccs3)C2)CC1. The Labute approximate surface area is 138 Å². The highest BCUT2D eigenvalue weighted by Gasteiger charge is 2.39. The first-order chi connectivity index (χ1) is 10.9. The summed E-state index contributed by atoms with van der Waals surface area (Å²) in [6.45, 7) is 1.06. The molecule has 0 aromatic carbocycles. The van der Waals surface area contributed by atoms with E-state index in [9.17, 15) is 18.0 Å². The molecule has 10 heteroatoms. The molecule has 3 rings (SSSR count). The molecular weight excluding hydrogens is 340 g/mol. The van der Waals surface area contributed by atoms with Crippen LogP contribution in [0.1, 0.15) is 19.3 Å². The lowest BCUT2D eigenvalue weighted by atomic mass is 10.0. The Morgan fingerprint density at radius 3 is 2.61 bits per heavy atom. The van der Waals surface area contributed by atoms with Crippen molar-refractivity contribution in [3.05, 3.63) is 11.6 Å². The van der Waals surface area contributed by atoms with Crippen LogP contribution in [0.4, 0.5) is 5.13 Å². The molecule has 0 saturated carbocycles. The van der Waals surface area contributed by atoms with Crippen LogP contribution >= 0.6 is 11.3 Å². The van der Waals surface area contributed by atoms with Gasteiger partial charge in [0.2, 0.25) is 21.8 Å². The molecule has 0 bridgehead atoms. The van der Waals surface area contributed by atoms with Crippen molar-refractivity contribution in [2.24, 2.45) is 11.1 Å². The first-order valence-electron chi connectivity index (χ1n) is 7.36. The van der Waals surface area contributed by atoms with Crippen molar-refractivity contribution in [1.82, 2.24) is 9.88 Å². The van der Waals surface area contributed by atoms with Gasteiger partial charge in [0, 0.05) is 37.6 Å². The summed E-state index contributed by atoms with van der Waals surface area (Å²) in [7, 11) is -3.55. The second-order valence-corrected chi connectivity index (χ2v) is 8.55. The van der Waals surface area contributed by atoms with E-state index >= 15 is 0 Å². The van der Waals surface area contributed by atoms with Gasteiger partial charge in [-0.3, -0.25) is 14.5 Å². The summed E-state index contributed by atoms with van der Waals surface area (Å²) in [6.07, 6.45) is 2.50. The zero-order chi connectivity index (χ0) is 16.6. The Hall–Kier alpha value is -1.52. The van der Waals surface area contributed by atoms with Crippen LogP contribution in [0.25, 0.3) is 0 Å². The van der Waals surface area contributed by atoms with Gasteiger partial charge in [-0.05, 0) is 12.8 Å². The minimum Gasteiger partial charge on any atom is -0.342 e. The monoisotopic (exact) mass is 358 g/mol. The smallest absolute Gasteiger partial charge is 0.229 e. The normalized spacial score (nSPS) is 23.5. The standard InChI is InChI=1S/C13H18N4O4S2/c14-23(20,21)10-1-4-16(5-2-10)12(19)9-7-11(18)17(8-9)13-15-3-6-22-13/h3,6,9-10H,1-2,4-5,7-8H2,(H2,14,20,21).